The van der Waals surface area contributed by atoms with Gasteiger partial charge in [0.05, 0.1) is 22.1 Å². The Morgan fingerprint density at radius 1 is 1.10 bits per heavy atom. The Hall–Kier alpha value is -1.91. The molecule has 0 atom stereocenters. The average Bonchev–Trinajstić information content (AvgIpc) is 2.44. The zero-order valence-electron chi connectivity index (χ0n) is 11.0. The predicted molar refractivity (Wildman–Crippen MR) is 87.5 cm³/mol. The van der Waals surface area contributed by atoms with E-state index >= 15 is 0 Å². The molecule has 21 heavy (non-hydrogen) atoms. The van der Waals surface area contributed by atoms with E-state index in [1.807, 2.05) is 12.1 Å². The first kappa shape index (κ1) is 14.0. The summed E-state index contributed by atoms with van der Waals surface area (Å²) in [4.78, 5) is 11.5. The molecule has 0 spiro atoms. The monoisotopic (exact) mass is 321 g/mol. The van der Waals surface area contributed by atoms with Crippen molar-refractivity contribution in [2.45, 2.75) is 12.8 Å². The number of nitrogens with one attached hydrogen (secondary N) is 2. The van der Waals surface area contributed by atoms with E-state index in [2.05, 4.69) is 10.6 Å². The van der Waals surface area contributed by atoms with E-state index in [1.165, 1.54) is 0 Å². The number of fused-ring (bicyclic) bond motifs is 1. The summed E-state index contributed by atoms with van der Waals surface area (Å²) in [6, 6.07) is 8.84. The lowest BCUT2D eigenvalue weighted by molar-refractivity contribution is -0.116. The van der Waals surface area contributed by atoms with Crippen LogP contribution < -0.4 is 16.4 Å². The molecule has 6 heteroatoms. The highest BCUT2D eigenvalue weighted by molar-refractivity contribution is 6.35. The zero-order chi connectivity index (χ0) is 15.0. The van der Waals surface area contributed by atoms with Gasteiger partial charge >= 0.3 is 0 Å². The smallest absolute Gasteiger partial charge is 0.224 e. The minimum Gasteiger partial charge on any atom is -0.397 e. The molecule has 3 rings (SSSR count). The minimum atomic E-state index is 0.0130. The van der Waals surface area contributed by atoms with Crippen molar-refractivity contribution in [3.63, 3.8) is 0 Å². The first-order valence-corrected chi connectivity index (χ1v) is 7.23. The first-order chi connectivity index (χ1) is 10.0. The number of hydrogen-bond donors (Lipinski definition) is 3. The molecule has 1 aliphatic heterocycles. The second-order valence-electron chi connectivity index (χ2n) is 4.89. The number of rotatable bonds is 2. The van der Waals surface area contributed by atoms with Crippen LogP contribution >= 0.6 is 23.2 Å². The molecule has 0 radical (unpaired) electrons. The Balaban J connectivity index is 1.97. The standard InChI is InChI=1S/C15H13Cl2N3O/c16-9-2-3-10(17)13(6-9)19-14-7-12-8(5-11(14)18)1-4-15(21)20-12/h2-3,5-7,19H,1,4,18H2,(H,20,21). The third-order valence-corrected chi connectivity index (χ3v) is 3.93. The van der Waals surface area contributed by atoms with Gasteiger partial charge in [0.25, 0.3) is 0 Å². The lowest BCUT2D eigenvalue weighted by atomic mass is 10.0. The SMILES string of the molecule is Nc1cc2c(cc1Nc1cc(Cl)ccc1Cl)NC(=O)CC2. The van der Waals surface area contributed by atoms with E-state index in [9.17, 15) is 4.79 Å². The second kappa shape index (κ2) is 5.47. The number of halogens is 2. The van der Waals surface area contributed by atoms with Crippen LogP contribution in [0.15, 0.2) is 30.3 Å². The quantitative estimate of drug-likeness (QED) is 0.726. The Bertz CT molecular complexity index is 731. The number of aryl methyl sites for hydroxylation is 1. The van der Waals surface area contributed by atoms with E-state index in [-0.39, 0.29) is 5.91 Å². The maximum Gasteiger partial charge on any atom is 0.224 e. The third-order valence-electron chi connectivity index (χ3n) is 3.37. The summed E-state index contributed by atoms with van der Waals surface area (Å²) in [5, 5.41) is 7.12. The van der Waals surface area contributed by atoms with Gasteiger partial charge in [0.15, 0.2) is 0 Å². The lowest BCUT2D eigenvalue weighted by Gasteiger charge is -2.20. The van der Waals surface area contributed by atoms with Crippen LogP contribution in [0.1, 0.15) is 12.0 Å². The van der Waals surface area contributed by atoms with Gasteiger partial charge < -0.3 is 16.4 Å². The summed E-state index contributed by atoms with van der Waals surface area (Å²) in [5.41, 5.74) is 9.82. The fraction of sp³-hybridized carbons (Fsp3) is 0.133. The van der Waals surface area contributed by atoms with Gasteiger partial charge in [0.1, 0.15) is 0 Å². The van der Waals surface area contributed by atoms with Crippen molar-refractivity contribution in [1.82, 2.24) is 0 Å². The van der Waals surface area contributed by atoms with Gasteiger partial charge in [-0.05, 0) is 42.3 Å². The summed E-state index contributed by atoms with van der Waals surface area (Å²) in [6.07, 6.45) is 1.18. The molecule has 1 heterocycles. The van der Waals surface area contributed by atoms with E-state index in [4.69, 9.17) is 28.9 Å². The summed E-state index contributed by atoms with van der Waals surface area (Å²) in [6.45, 7) is 0. The molecule has 0 saturated heterocycles. The lowest BCUT2D eigenvalue weighted by Crippen LogP contribution is -2.19. The number of nitrogen functional groups attached to an aromatic ring is 1. The fourth-order valence-electron chi connectivity index (χ4n) is 2.29. The maximum absolute atomic E-state index is 11.5. The fourth-order valence-corrected chi connectivity index (χ4v) is 2.63. The molecule has 0 fully saturated rings. The molecule has 2 aromatic rings. The molecule has 0 aromatic heterocycles. The molecule has 1 amide bonds. The maximum atomic E-state index is 11.5. The highest BCUT2D eigenvalue weighted by Gasteiger charge is 2.17. The van der Waals surface area contributed by atoms with Crippen LogP contribution in [0.2, 0.25) is 10.0 Å². The molecule has 4 nitrogen and oxygen atoms in total. The van der Waals surface area contributed by atoms with Gasteiger partial charge in [-0.1, -0.05) is 23.2 Å². The Labute approximate surface area is 132 Å². The number of carbonyl (C=O) groups is 1. The van der Waals surface area contributed by atoms with Crippen LogP contribution in [-0.4, -0.2) is 5.91 Å². The normalized spacial score (nSPS) is 13.5. The van der Waals surface area contributed by atoms with Gasteiger partial charge in [-0.2, -0.15) is 0 Å². The van der Waals surface area contributed by atoms with Crippen LogP contribution in [0.3, 0.4) is 0 Å². The van der Waals surface area contributed by atoms with Gasteiger partial charge in [0, 0.05) is 17.1 Å². The van der Waals surface area contributed by atoms with Gasteiger partial charge in [-0.25, -0.2) is 0 Å². The van der Waals surface area contributed by atoms with Crippen LogP contribution in [0.4, 0.5) is 22.7 Å². The molecular formula is C15H13Cl2N3O. The van der Waals surface area contributed by atoms with Crippen molar-refractivity contribution in [2.75, 3.05) is 16.4 Å². The van der Waals surface area contributed by atoms with E-state index in [0.29, 0.717) is 39.9 Å². The number of hydrogen-bond acceptors (Lipinski definition) is 3. The minimum absolute atomic E-state index is 0.0130. The Kier molecular flexibility index (Phi) is 3.66. The van der Waals surface area contributed by atoms with Crippen molar-refractivity contribution in [1.29, 1.82) is 0 Å². The predicted octanol–water partition coefficient (Wildman–Crippen LogP) is 4.20. The van der Waals surface area contributed by atoms with E-state index in [0.717, 1.165) is 11.3 Å². The highest BCUT2D eigenvalue weighted by Crippen LogP contribution is 2.35. The molecule has 108 valence electrons. The molecule has 0 bridgehead atoms. The molecule has 0 unspecified atom stereocenters. The van der Waals surface area contributed by atoms with Crippen molar-refractivity contribution >= 4 is 51.9 Å². The van der Waals surface area contributed by atoms with Crippen LogP contribution in [0.5, 0.6) is 0 Å². The number of carbonyl (C=O) groups excluding carboxylic acids is 1. The summed E-state index contributed by atoms with van der Waals surface area (Å²) in [7, 11) is 0. The van der Waals surface area contributed by atoms with E-state index in [1.54, 1.807) is 18.2 Å². The Morgan fingerprint density at radius 2 is 1.90 bits per heavy atom. The van der Waals surface area contributed by atoms with Gasteiger partial charge in [-0.3, -0.25) is 4.79 Å². The van der Waals surface area contributed by atoms with Crippen molar-refractivity contribution in [2.24, 2.45) is 0 Å². The number of amides is 1. The van der Waals surface area contributed by atoms with Crippen LogP contribution in [0.25, 0.3) is 0 Å². The van der Waals surface area contributed by atoms with E-state index < -0.39 is 0 Å². The molecular weight excluding hydrogens is 309 g/mol. The third kappa shape index (κ3) is 2.91. The number of benzene rings is 2. The van der Waals surface area contributed by atoms with Crippen molar-refractivity contribution in [3.05, 3.63) is 45.9 Å². The zero-order valence-corrected chi connectivity index (χ0v) is 12.6. The summed E-state index contributed by atoms with van der Waals surface area (Å²) < 4.78 is 0. The summed E-state index contributed by atoms with van der Waals surface area (Å²) in [5.74, 6) is 0.0130. The molecule has 1 aliphatic rings. The number of anilines is 4. The largest absolute Gasteiger partial charge is 0.397 e. The molecule has 4 N–H and O–H groups in total. The van der Waals surface area contributed by atoms with Crippen molar-refractivity contribution in [3.8, 4) is 0 Å². The average molecular weight is 322 g/mol. The van der Waals surface area contributed by atoms with Crippen LogP contribution in [0, 0.1) is 0 Å². The summed E-state index contributed by atoms with van der Waals surface area (Å²) >= 11 is 12.1. The molecule has 0 aliphatic carbocycles. The van der Waals surface area contributed by atoms with Crippen molar-refractivity contribution < 1.29 is 4.79 Å². The second-order valence-corrected chi connectivity index (χ2v) is 5.74. The highest BCUT2D eigenvalue weighted by atomic mass is 35.5. The van der Waals surface area contributed by atoms with Gasteiger partial charge in [0.2, 0.25) is 5.91 Å². The number of nitrogens with two attached hydrogens (primary N) is 1. The Morgan fingerprint density at radius 3 is 2.71 bits per heavy atom. The molecule has 0 saturated carbocycles. The molecule has 2 aromatic carbocycles. The van der Waals surface area contributed by atoms with Gasteiger partial charge in [-0.15, -0.1) is 0 Å². The first-order valence-electron chi connectivity index (χ1n) is 6.47. The topological polar surface area (TPSA) is 67.2 Å². The van der Waals surface area contributed by atoms with Crippen LogP contribution in [-0.2, 0) is 11.2 Å².